The summed E-state index contributed by atoms with van der Waals surface area (Å²) in [5.41, 5.74) is 10.6. The van der Waals surface area contributed by atoms with Gasteiger partial charge in [-0.05, 0) is 123 Å². The average molecular weight is 597 g/mol. The number of benzene rings is 9. The van der Waals surface area contributed by atoms with Crippen molar-refractivity contribution in [2.75, 3.05) is 0 Å². The van der Waals surface area contributed by atoms with Crippen molar-refractivity contribution in [2.24, 2.45) is 0 Å². The fraction of sp³-hybridized carbons (Fsp3) is 0.0638. The second-order valence-electron chi connectivity index (χ2n) is 13.7. The van der Waals surface area contributed by atoms with Crippen molar-refractivity contribution in [2.45, 2.75) is 19.3 Å². The molecule has 0 N–H and O–H groups in total. The maximum absolute atomic E-state index is 2.49. The molecule has 0 amide bonds. The molecule has 0 unspecified atom stereocenters. The molecule has 0 bridgehead atoms. The molecule has 0 aromatic heterocycles. The molecule has 220 valence electrons. The van der Waals surface area contributed by atoms with E-state index in [-0.39, 0.29) is 5.41 Å². The summed E-state index contributed by atoms with van der Waals surface area (Å²) < 4.78 is 0. The summed E-state index contributed by atoms with van der Waals surface area (Å²) in [6.45, 7) is 4.80. The molecule has 0 saturated heterocycles. The molecule has 10 rings (SSSR count). The largest absolute Gasteiger partial charge is 0.0616 e. The molecular weight excluding hydrogens is 565 g/mol. The molecule has 0 saturated carbocycles. The molecule has 0 spiro atoms. The van der Waals surface area contributed by atoms with Crippen molar-refractivity contribution >= 4 is 53.9 Å². The summed E-state index contributed by atoms with van der Waals surface area (Å²) in [4.78, 5) is 0. The quantitative estimate of drug-likeness (QED) is 0.138. The lowest BCUT2D eigenvalue weighted by Gasteiger charge is -2.23. The first-order valence-electron chi connectivity index (χ1n) is 16.6. The van der Waals surface area contributed by atoms with Crippen LogP contribution >= 0.6 is 0 Å². The SMILES string of the molecule is CC1(C)c2cc(-c3c4ccccc4cc4c3ccc3ccccc34)ccc2-c2cc3c(-c4cccc5ccccc45)cccc3cc21. The van der Waals surface area contributed by atoms with Gasteiger partial charge in [0.05, 0.1) is 0 Å². The predicted molar refractivity (Wildman–Crippen MR) is 202 cm³/mol. The van der Waals surface area contributed by atoms with Crippen molar-refractivity contribution in [1.82, 2.24) is 0 Å². The van der Waals surface area contributed by atoms with Crippen molar-refractivity contribution < 1.29 is 0 Å². The van der Waals surface area contributed by atoms with E-state index < -0.39 is 0 Å². The molecule has 9 aromatic rings. The van der Waals surface area contributed by atoms with Gasteiger partial charge in [-0.3, -0.25) is 0 Å². The van der Waals surface area contributed by atoms with Crippen LogP contribution in [-0.4, -0.2) is 0 Å². The molecule has 0 atom stereocenters. The van der Waals surface area contributed by atoms with Crippen LogP contribution in [0.1, 0.15) is 25.0 Å². The summed E-state index contributed by atoms with van der Waals surface area (Å²) in [6.07, 6.45) is 0. The van der Waals surface area contributed by atoms with E-state index in [4.69, 9.17) is 0 Å². The maximum atomic E-state index is 2.49. The van der Waals surface area contributed by atoms with Gasteiger partial charge in [0.1, 0.15) is 0 Å². The van der Waals surface area contributed by atoms with Crippen LogP contribution in [-0.2, 0) is 5.41 Å². The maximum Gasteiger partial charge on any atom is 0.0159 e. The topological polar surface area (TPSA) is 0 Å². The molecule has 0 radical (unpaired) electrons. The molecule has 9 aromatic carbocycles. The highest BCUT2D eigenvalue weighted by atomic mass is 14.4. The van der Waals surface area contributed by atoms with Crippen LogP contribution in [0.5, 0.6) is 0 Å². The van der Waals surface area contributed by atoms with Gasteiger partial charge in [0.2, 0.25) is 0 Å². The van der Waals surface area contributed by atoms with Gasteiger partial charge in [-0.25, -0.2) is 0 Å². The summed E-state index contributed by atoms with van der Waals surface area (Å²) in [6, 6.07) is 58.9. The highest BCUT2D eigenvalue weighted by Crippen LogP contribution is 2.52. The minimum Gasteiger partial charge on any atom is -0.0616 e. The number of hydrogen-bond donors (Lipinski definition) is 0. The van der Waals surface area contributed by atoms with Crippen molar-refractivity contribution in [3.05, 3.63) is 169 Å². The summed E-state index contributed by atoms with van der Waals surface area (Å²) >= 11 is 0. The lowest BCUT2D eigenvalue weighted by atomic mass is 9.80. The van der Waals surface area contributed by atoms with Crippen LogP contribution in [0.2, 0.25) is 0 Å². The Kier molecular flexibility index (Phi) is 5.44. The number of hydrogen-bond acceptors (Lipinski definition) is 0. The Labute approximate surface area is 274 Å². The Bertz CT molecular complexity index is 2750. The molecule has 0 heteroatoms. The average Bonchev–Trinajstić information content (AvgIpc) is 3.33. The minimum absolute atomic E-state index is 0.128. The van der Waals surface area contributed by atoms with Crippen LogP contribution in [0.4, 0.5) is 0 Å². The van der Waals surface area contributed by atoms with E-state index in [1.807, 2.05) is 0 Å². The van der Waals surface area contributed by atoms with Gasteiger partial charge < -0.3 is 0 Å². The first-order chi connectivity index (χ1) is 23.1. The van der Waals surface area contributed by atoms with Crippen LogP contribution in [0.25, 0.3) is 87.2 Å². The molecule has 0 aliphatic heterocycles. The van der Waals surface area contributed by atoms with Gasteiger partial charge in [0, 0.05) is 5.41 Å². The third kappa shape index (κ3) is 3.76. The lowest BCUT2D eigenvalue weighted by molar-refractivity contribution is 0.661. The van der Waals surface area contributed by atoms with E-state index in [1.54, 1.807) is 0 Å². The zero-order valence-corrected chi connectivity index (χ0v) is 26.5. The first-order valence-corrected chi connectivity index (χ1v) is 16.6. The minimum atomic E-state index is -0.128. The normalized spacial score (nSPS) is 13.5. The van der Waals surface area contributed by atoms with Gasteiger partial charge in [-0.15, -0.1) is 0 Å². The first kappa shape index (κ1) is 26.5. The van der Waals surface area contributed by atoms with E-state index in [9.17, 15) is 0 Å². The monoisotopic (exact) mass is 596 g/mol. The molecule has 1 aliphatic carbocycles. The molecular formula is C47H32. The Morgan fingerprint density at radius 3 is 1.72 bits per heavy atom. The highest BCUT2D eigenvalue weighted by molar-refractivity contribution is 6.20. The molecule has 47 heavy (non-hydrogen) atoms. The van der Waals surface area contributed by atoms with E-state index in [2.05, 4.69) is 172 Å². The second kappa shape index (κ2) is 9.64. The molecule has 1 aliphatic rings. The number of fused-ring (bicyclic) bond motifs is 9. The van der Waals surface area contributed by atoms with Crippen LogP contribution in [0.15, 0.2) is 158 Å². The highest BCUT2D eigenvalue weighted by Gasteiger charge is 2.36. The van der Waals surface area contributed by atoms with E-state index in [0.717, 1.165) is 0 Å². The standard InChI is InChI=1S/C47H32/c1-47(2)44-27-33(46-36-18-8-5-13-31(36)25-42-35-17-7-4-12-30(35)21-24-40(42)46)22-23-39(44)43-28-41-32(26-45(43)47)15-10-20-38(41)37-19-9-14-29-11-3-6-16-34(29)37/h3-28H,1-2H3. The Morgan fingerprint density at radius 2 is 0.915 bits per heavy atom. The third-order valence-electron chi connectivity index (χ3n) is 10.8. The van der Waals surface area contributed by atoms with Crippen LogP contribution in [0, 0.1) is 0 Å². The van der Waals surface area contributed by atoms with E-state index in [1.165, 1.54) is 98.4 Å². The summed E-state index contributed by atoms with van der Waals surface area (Å²) in [5, 5.41) is 13.0. The Morgan fingerprint density at radius 1 is 0.319 bits per heavy atom. The van der Waals surface area contributed by atoms with E-state index >= 15 is 0 Å². The van der Waals surface area contributed by atoms with Crippen molar-refractivity contribution in [1.29, 1.82) is 0 Å². The van der Waals surface area contributed by atoms with Gasteiger partial charge >= 0.3 is 0 Å². The smallest absolute Gasteiger partial charge is 0.0159 e. The van der Waals surface area contributed by atoms with Gasteiger partial charge in [-0.1, -0.05) is 147 Å². The van der Waals surface area contributed by atoms with Gasteiger partial charge in [0.15, 0.2) is 0 Å². The molecule has 0 heterocycles. The van der Waals surface area contributed by atoms with Crippen molar-refractivity contribution in [3.63, 3.8) is 0 Å². The van der Waals surface area contributed by atoms with Crippen molar-refractivity contribution in [3.8, 4) is 33.4 Å². The molecule has 0 nitrogen and oxygen atoms in total. The Hall–Kier alpha value is -5.72. The number of rotatable bonds is 2. The Balaban J connectivity index is 1.21. The van der Waals surface area contributed by atoms with Crippen LogP contribution < -0.4 is 0 Å². The molecule has 0 fully saturated rings. The fourth-order valence-corrected chi connectivity index (χ4v) is 8.49. The fourth-order valence-electron chi connectivity index (χ4n) is 8.49. The van der Waals surface area contributed by atoms with E-state index in [0.29, 0.717) is 0 Å². The summed E-state index contributed by atoms with van der Waals surface area (Å²) in [5.74, 6) is 0. The second-order valence-corrected chi connectivity index (χ2v) is 13.7. The zero-order chi connectivity index (χ0) is 31.3. The van der Waals surface area contributed by atoms with Gasteiger partial charge in [-0.2, -0.15) is 0 Å². The van der Waals surface area contributed by atoms with Gasteiger partial charge in [0.25, 0.3) is 0 Å². The summed E-state index contributed by atoms with van der Waals surface area (Å²) in [7, 11) is 0. The zero-order valence-electron chi connectivity index (χ0n) is 26.5. The predicted octanol–water partition coefficient (Wildman–Crippen LogP) is 13.1. The van der Waals surface area contributed by atoms with Crippen LogP contribution in [0.3, 0.4) is 0 Å². The third-order valence-corrected chi connectivity index (χ3v) is 10.8. The lowest BCUT2D eigenvalue weighted by Crippen LogP contribution is -2.15.